The number of hydrogen-bond acceptors (Lipinski definition) is 2. The first-order valence-electron chi connectivity index (χ1n) is 6.07. The fourth-order valence-electron chi connectivity index (χ4n) is 1.77. The Kier molecular flexibility index (Phi) is 5.31. The number of aliphatic hydroxyl groups is 1. The zero-order valence-corrected chi connectivity index (χ0v) is 10.5. The average Bonchev–Trinajstić information content (AvgIpc) is 2.33. The maximum atomic E-state index is 13.6. The molecule has 108 valence electrons. The molecule has 19 heavy (non-hydrogen) atoms. The van der Waals surface area contributed by atoms with E-state index in [2.05, 4.69) is 0 Å². The third kappa shape index (κ3) is 4.18. The van der Waals surface area contributed by atoms with E-state index in [0.717, 1.165) is 25.0 Å². The topological polar surface area (TPSA) is 46.2 Å². The highest BCUT2D eigenvalue weighted by molar-refractivity contribution is 5.29. The Balaban J connectivity index is 2.90. The molecule has 0 saturated carbocycles. The fourth-order valence-corrected chi connectivity index (χ4v) is 1.77. The molecule has 3 N–H and O–H groups in total. The van der Waals surface area contributed by atoms with Gasteiger partial charge in [0.2, 0.25) is 0 Å². The number of rotatable bonds is 5. The molecule has 0 aliphatic rings. The van der Waals surface area contributed by atoms with Crippen LogP contribution in [0.2, 0.25) is 0 Å². The molecule has 0 radical (unpaired) electrons. The van der Waals surface area contributed by atoms with Crippen molar-refractivity contribution in [1.82, 2.24) is 0 Å². The van der Waals surface area contributed by atoms with Gasteiger partial charge in [0.1, 0.15) is 5.82 Å². The second kappa shape index (κ2) is 6.34. The Morgan fingerprint density at radius 3 is 2.42 bits per heavy atom. The van der Waals surface area contributed by atoms with E-state index >= 15 is 0 Å². The number of alkyl halides is 3. The van der Waals surface area contributed by atoms with Crippen molar-refractivity contribution in [2.45, 2.75) is 44.5 Å². The third-order valence-corrected chi connectivity index (χ3v) is 2.95. The number of aliphatic hydroxyl groups excluding tert-OH is 1. The quantitative estimate of drug-likeness (QED) is 0.811. The molecule has 0 heterocycles. The van der Waals surface area contributed by atoms with Crippen LogP contribution < -0.4 is 5.73 Å². The van der Waals surface area contributed by atoms with Crippen molar-refractivity contribution in [2.24, 2.45) is 5.73 Å². The second-order valence-corrected chi connectivity index (χ2v) is 4.47. The molecule has 0 amide bonds. The van der Waals surface area contributed by atoms with E-state index in [0.29, 0.717) is 12.5 Å². The first kappa shape index (κ1) is 15.9. The molecule has 0 spiro atoms. The highest BCUT2D eigenvalue weighted by Crippen LogP contribution is 2.31. The van der Waals surface area contributed by atoms with Crippen molar-refractivity contribution in [3.05, 3.63) is 35.1 Å². The maximum absolute atomic E-state index is 13.6. The van der Waals surface area contributed by atoms with Gasteiger partial charge in [-0.3, -0.25) is 0 Å². The van der Waals surface area contributed by atoms with Crippen LogP contribution in [0.1, 0.15) is 43.4 Å². The highest BCUT2D eigenvalue weighted by Gasteiger charge is 2.32. The van der Waals surface area contributed by atoms with Crippen molar-refractivity contribution in [3.8, 4) is 0 Å². The summed E-state index contributed by atoms with van der Waals surface area (Å²) in [6.07, 6.45) is -3.61. The molecule has 0 aliphatic carbocycles. The van der Waals surface area contributed by atoms with E-state index in [-0.39, 0.29) is 5.56 Å². The second-order valence-electron chi connectivity index (χ2n) is 4.47. The number of hydrogen-bond donors (Lipinski definition) is 2. The predicted octanol–water partition coefficient (Wildman–Crippen LogP) is 3.40. The van der Waals surface area contributed by atoms with Crippen LogP contribution in [0.3, 0.4) is 0 Å². The molecule has 0 saturated heterocycles. The van der Waals surface area contributed by atoms with Crippen molar-refractivity contribution in [2.75, 3.05) is 0 Å². The molecule has 2 nitrogen and oxygen atoms in total. The van der Waals surface area contributed by atoms with Gasteiger partial charge >= 0.3 is 6.18 Å². The number of halogens is 4. The van der Waals surface area contributed by atoms with E-state index in [1.165, 1.54) is 0 Å². The summed E-state index contributed by atoms with van der Waals surface area (Å²) >= 11 is 0. The van der Waals surface area contributed by atoms with E-state index < -0.39 is 29.7 Å². The Morgan fingerprint density at radius 1 is 1.32 bits per heavy atom. The van der Waals surface area contributed by atoms with Crippen LogP contribution in [0.15, 0.2) is 18.2 Å². The molecule has 1 rings (SSSR count). The SMILES string of the molecule is CCCC[C@@H](O)[C@@H](N)c1ccc(C(F)(F)F)cc1F. The van der Waals surface area contributed by atoms with Gasteiger partial charge in [0.15, 0.2) is 0 Å². The van der Waals surface area contributed by atoms with Crippen LogP contribution in [0.4, 0.5) is 17.6 Å². The van der Waals surface area contributed by atoms with Crippen molar-refractivity contribution in [1.29, 1.82) is 0 Å². The van der Waals surface area contributed by atoms with Crippen LogP contribution in [-0.4, -0.2) is 11.2 Å². The van der Waals surface area contributed by atoms with Crippen LogP contribution in [0.5, 0.6) is 0 Å². The molecular formula is C13H17F4NO. The van der Waals surface area contributed by atoms with Crippen molar-refractivity contribution >= 4 is 0 Å². The summed E-state index contributed by atoms with van der Waals surface area (Å²) < 4.78 is 50.8. The fraction of sp³-hybridized carbons (Fsp3) is 0.538. The summed E-state index contributed by atoms with van der Waals surface area (Å²) in [5.74, 6) is -1.04. The van der Waals surface area contributed by atoms with E-state index in [9.17, 15) is 22.7 Å². The molecule has 0 unspecified atom stereocenters. The minimum atomic E-state index is -4.59. The maximum Gasteiger partial charge on any atom is 0.416 e. The first-order chi connectivity index (χ1) is 8.77. The number of nitrogens with two attached hydrogens (primary N) is 1. The van der Waals surface area contributed by atoms with Gasteiger partial charge < -0.3 is 10.8 Å². The van der Waals surface area contributed by atoms with E-state index in [1.807, 2.05) is 6.92 Å². The lowest BCUT2D eigenvalue weighted by atomic mass is 9.97. The average molecular weight is 279 g/mol. The van der Waals surface area contributed by atoms with Crippen LogP contribution in [-0.2, 0) is 6.18 Å². The highest BCUT2D eigenvalue weighted by atomic mass is 19.4. The Labute approximate surface area is 109 Å². The van der Waals surface area contributed by atoms with Gasteiger partial charge in [0.05, 0.1) is 17.7 Å². The first-order valence-corrected chi connectivity index (χ1v) is 6.07. The molecule has 0 aliphatic heterocycles. The van der Waals surface area contributed by atoms with Gasteiger partial charge in [-0.2, -0.15) is 13.2 Å². The van der Waals surface area contributed by atoms with Crippen LogP contribution in [0, 0.1) is 5.82 Å². The third-order valence-electron chi connectivity index (χ3n) is 2.95. The smallest absolute Gasteiger partial charge is 0.391 e. The lowest BCUT2D eigenvalue weighted by molar-refractivity contribution is -0.137. The Hall–Kier alpha value is -1.14. The normalized spacial score (nSPS) is 15.3. The summed E-state index contributed by atoms with van der Waals surface area (Å²) in [7, 11) is 0. The molecule has 6 heteroatoms. The Morgan fingerprint density at radius 2 is 1.95 bits per heavy atom. The standard InChI is InChI=1S/C13H17F4NO/c1-2-3-4-11(19)12(18)9-6-5-8(7-10(9)14)13(15,16)17/h5-7,11-12,19H,2-4,18H2,1H3/t11-,12+/m1/s1. The van der Waals surface area contributed by atoms with Crippen LogP contribution in [0.25, 0.3) is 0 Å². The molecule has 0 bridgehead atoms. The van der Waals surface area contributed by atoms with Gasteiger partial charge in [-0.05, 0) is 18.6 Å². The van der Waals surface area contributed by atoms with Crippen LogP contribution >= 0.6 is 0 Å². The molecule has 0 aromatic heterocycles. The number of benzene rings is 1. The predicted molar refractivity (Wildman–Crippen MR) is 63.9 cm³/mol. The van der Waals surface area contributed by atoms with Gasteiger partial charge in [0.25, 0.3) is 0 Å². The zero-order chi connectivity index (χ0) is 14.6. The molecule has 0 fully saturated rings. The summed E-state index contributed by atoms with van der Waals surface area (Å²) in [5.41, 5.74) is 4.50. The summed E-state index contributed by atoms with van der Waals surface area (Å²) in [4.78, 5) is 0. The molecule has 1 aromatic carbocycles. The minimum absolute atomic E-state index is 0.100. The molecule has 2 atom stereocenters. The van der Waals surface area contributed by atoms with Gasteiger partial charge in [-0.25, -0.2) is 4.39 Å². The lowest BCUT2D eigenvalue weighted by Crippen LogP contribution is -2.27. The molecule has 1 aromatic rings. The van der Waals surface area contributed by atoms with Gasteiger partial charge in [-0.15, -0.1) is 0 Å². The van der Waals surface area contributed by atoms with Crippen molar-refractivity contribution in [3.63, 3.8) is 0 Å². The summed E-state index contributed by atoms with van der Waals surface area (Å²) in [5, 5.41) is 9.74. The monoisotopic (exact) mass is 279 g/mol. The number of unbranched alkanes of at least 4 members (excludes halogenated alkanes) is 1. The van der Waals surface area contributed by atoms with E-state index in [1.54, 1.807) is 0 Å². The van der Waals surface area contributed by atoms with Gasteiger partial charge in [-0.1, -0.05) is 25.8 Å². The Bertz CT molecular complexity index is 420. The molecular weight excluding hydrogens is 262 g/mol. The summed E-state index contributed by atoms with van der Waals surface area (Å²) in [6, 6.07) is 1.14. The van der Waals surface area contributed by atoms with E-state index in [4.69, 9.17) is 5.73 Å². The minimum Gasteiger partial charge on any atom is -0.391 e. The van der Waals surface area contributed by atoms with Gasteiger partial charge in [0, 0.05) is 5.56 Å². The largest absolute Gasteiger partial charge is 0.416 e. The lowest BCUT2D eigenvalue weighted by Gasteiger charge is -2.20. The zero-order valence-electron chi connectivity index (χ0n) is 10.5. The van der Waals surface area contributed by atoms with Crippen molar-refractivity contribution < 1.29 is 22.7 Å². The summed E-state index contributed by atoms with van der Waals surface area (Å²) in [6.45, 7) is 1.93.